The van der Waals surface area contributed by atoms with Crippen molar-refractivity contribution in [3.05, 3.63) is 36.2 Å². The first-order valence-electron chi connectivity index (χ1n) is 10.8. The third-order valence-electron chi connectivity index (χ3n) is 6.31. The fourth-order valence-corrected chi connectivity index (χ4v) is 4.53. The Morgan fingerprint density at radius 2 is 1.42 bits per heavy atom. The zero-order chi connectivity index (χ0) is 18.6. The van der Waals surface area contributed by atoms with E-state index in [0.717, 1.165) is 17.8 Å². The van der Waals surface area contributed by atoms with Crippen molar-refractivity contribution in [2.45, 2.75) is 84.0 Å². The Hall–Kier alpha value is -1.36. The van der Waals surface area contributed by atoms with Gasteiger partial charge >= 0.3 is 0 Å². The lowest BCUT2D eigenvalue weighted by molar-refractivity contribution is 0.287. The van der Waals surface area contributed by atoms with Gasteiger partial charge in [0.05, 0.1) is 0 Å². The molecule has 2 heteroatoms. The Morgan fingerprint density at radius 3 is 1.96 bits per heavy atom. The number of halogens is 1. The van der Waals surface area contributed by atoms with E-state index in [9.17, 15) is 4.39 Å². The summed E-state index contributed by atoms with van der Waals surface area (Å²) in [6, 6.07) is 1.51. The molecule has 0 N–H and O–H groups in total. The fraction of sp³-hybridized carbons (Fsp3) is 0.708. The van der Waals surface area contributed by atoms with E-state index in [1.807, 2.05) is 0 Å². The number of allylic oxidation sites excluding steroid dienone is 6. The highest BCUT2D eigenvalue weighted by molar-refractivity contribution is 5.19. The molecule has 0 amide bonds. The lowest BCUT2D eigenvalue weighted by Gasteiger charge is -2.28. The Balaban J connectivity index is 1.63. The van der Waals surface area contributed by atoms with Crippen molar-refractivity contribution in [1.29, 1.82) is 5.26 Å². The molecule has 0 bridgehead atoms. The van der Waals surface area contributed by atoms with Crippen LogP contribution in [0.1, 0.15) is 84.0 Å². The Bertz CT molecular complexity index is 509. The molecule has 144 valence electrons. The van der Waals surface area contributed by atoms with E-state index in [1.54, 1.807) is 6.08 Å². The number of nitriles is 1. The molecular formula is C24H36FN. The molecule has 2 saturated carbocycles. The van der Waals surface area contributed by atoms with Gasteiger partial charge in [0, 0.05) is 0 Å². The summed E-state index contributed by atoms with van der Waals surface area (Å²) in [6.07, 6.45) is 26.2. The lowest BCUT2D eigenvalue weighted by Crippen LogP contribution is -2.14. The molecular weight excluding hydrogens is 321 g/mol. The van der Waals surface area contributed by atoms with Crippen LogP contribution in [-0.4, -0.2) is 0 Å². The highest BCUT2D eigenvalue weighted by Gasteiger charge is 2.21. The molecule has 0 heterocycles. The van der Waals surface area contributed by atoms with Crippen LogP contribution in [0.4, 0.5) is 4.39 Å². The van der Waals surface area contributed by atoms with E-state index in [2.05, 4.69) is 25.2 Å². The molecule has 0 radical (unpaired) electrons. The van der Waals surface area contributed by atoms with Gasteiger partial charge < -0.3 is 0 Å². The summed E-state index contributed by atoms with van der Waals surface area (Å²) < 4.78 is 12.8. The minimum absolute atomic E-state index is 0.543. The molecule has 0 aromatic carbocycles. The molecule has 0 saturated heterocycles. The van der Waals surface area contributed by atoms with Crippen LogP contribution < -0.4 is 0 Å². The van der Waals surface area contributed by atoms with Gasteiger partial charge in [-0.15, -0.1) is 0 Å². The van der Waals surface area contributed by atoms with Gasteiger partial charge in [0.25, 0.3) is 0 Å². The monoisotopic (exact) mass is 357 g/mol. The van der Waals surface area contributed by atoms with Gasteiger partial charge in [-0.25, -0.2) is 0 Å². The van der Waals surface area contributed by atoms with Crippen LogP contribution in [0.15, 0.2) is 36.2 Å². The van der Waals surface area contributed by atoms with Crippen molar-refractivity contribution >= 4 is 0 Å². The van der Waals surface area contributed by atoms with E-state index in [4.69, 9.17) is 5.26 Å². The average molecular weight is 358 g/mol. The maximum Gasteiger partial charge on any atom is 0.199 e. The third kappa shape index (κ3) is 7.90. The summed E-state index contributed by atoms with van der Waals surface area (Å²) in [5, 5.41) is 8.40. The minimum Gasteiger partial charge on any atom is -0.195 e. The Kier molecular flexibility index (Phi) is 9.75. The molecule has 0 aromatic heterocycles. The predicted octanol–water partition coefficient (Wildman–Crippen LogP) is 7.67. The maximum absolute atomic E-state index is 12.8. The van der Waals surface area contributed by atoms with Crippen molar-refractivity contribution in [3.63, 3.8) is 0 Å². The van der Waals surface area contributed by atoms with Crippen molar-refractivity contribution in [1.82, 2.24) is 0 Å². The first-order valence-corrected chi connectivity index (χ1v) is 10.8. The van der Waals surface area contributed by atoms with Gasteiger partial charge in [0.15, 0.2) is 5.83 Å². The topological polar surface area (TPSA) is 23.8 Å². The zero-order valence-electron chi connectivity index (χ0n) is 16.5. The summed E-state index contributed by atoms with van der Waals surface area (Å²) in [4.78, 5) is 0. The molecule has 1 nitrogen and oxygen atoms in total. The number of unbranched alkanes of at least 4 members (excludes halogenated alkanes) is 2. The molecule has 0 atom stereocenters. The Morgan fingerprint density at radius 1 is 0.885 bits per heavy atom. The standard InChI is InChI=1S/C24H36FN/c1-2-3-4-6-20-9-13-22(14-10-20)17-18-23-15-11-21(12-16-23)7-5-8-24(25)19-26/h5,7-8,17-18,20-23H,2-4,6,9-16H2,1H3/b7-5?,18-17+,24-8?. The van der Waals surface area contributed by atoms with Gasteiger partial charge in [-0.05, 0) is 81.1 Å². The molecule has 2 aliphatic rings. The molecule has 2 rings (SSSR count). The highest BCUT2D eigenvalue weighted by atomic mass is 19.1. The summed E-state index contributed by atoms with van der Waals surface area (Å²) >= 11 is 0. The van der Waals surface area contributed by atoms with Crippen LogP contribution in [0.3, 0.4) is 0 Å². The van der Waals surface area contributed by atoms with Crippen LogP contribution in [0.25, 0.3) is 0 Å². The first-order chi connectivity index (χ1) is 12.7. The smallest absolute Gasteiger partial charge is 0.195 e. The van der Waals surface area contributed by atoms with E-state index >= 15 is 0 Å². The number of rotatable bonds is 8. The summed E-state index contributed by atoms with van der Waals surface area (Å²) in [5.74, 6) is 2.37. The maximum atomic E-state index is 12.8. The van der Waals surface area contributed by atoms with Crippen LogP contribution >= 0.6 is 0 Å². The summed E-state index contributed by atoms with van der Waals surface area (Å²) in [5.41, 5.74) is 0. The second kappa shape index (κ2) is 12.1. The van der Waals surface area contributed by atoms with E-state index in [0.29, 0.717) is 5.92 Å². The molecule has 0 unspecified atom stereocenters. The van der Waals surface area contributed by atoms with Gasteiger partial charge in [-0.3, -0.25) is 0 Å². The second-order valence-corrected chi connectivity index (χ2v) is 8.35. The van der Waals surface area contributed by atoms with Crippen LogP contribution in [-0.2, 0) is 0 Å². The van der Waals surface area contributed by atoms with Gasteiger partial charge in [-0.1, -0.05) is 56.9 Å². The minimum atomic E-state index is -0.710. The third-order valence-corrected chi connectivity index (χ3v) is 6.31. The van der Waals surface area contributed by atoms with Gasteiger partial charge in [-0.2, -0.15) is 9.65 Å². The number of hydrogen-bond donors (Lipinski definition) is 0. The van der Waals surface area contributed by atoms with Crippen LogP contribution in [0, 0.1) is 35.0 Å². The van der Waals surface area contributed by atoms with E-state index in [1.165, 1.54) is 89.2 Å². The molecule has 2 fully saturated rings. The quantitative estimate of drug-likeness (QED) is 0.189. The highest BCUT2D eigenvalue weighted by Crippen LogP contribution is 2.35. The molecule has 0 aromatic rings. The Labute approximate surface area is 160 Å². The molecule has 0 spiro atoms. The van der Waals surface area contributed by atoms with Crippen LogP contribution in [0.5, 0.6) is 0 Å². The first kappa shape index (κ1) is 20.9. The van der Waals surface area contributed by atoms with Crippen molar-refractivity contribution in [3.8, 4) is 6.07 Å². The summed E-state index contributed by atoms with van der Waals surface area (Å²) in [6.45, 7) is 2.29. The second-order valence-electron chi connectivity index (χ2n) is 8.35. The normalized spacial score (nSPS) is 30.7. The fourth-order valence-electron chi connectivity index (χ4n) is 4.53. The number of nitrogens with zero attached hydrogens (tertiary/aromatic N) is 1. The largest absolute Gasteiger partial charge is 0.199 e. The van der Waals surface area contributed by atoms with Crippen LogP contribution in [0.2, 0.25) is 0 Å². The SMILES string of the molecule is CCCCCC1CCC(/C=C/C2CCC(C=CC=C(F)C#N)CC2)CC1. The number of hydrogen-bond acceptors (Lipinski definition) is 1. The zero-order valence-corrected chi connectivity index (χ0v) is 16.5. The van der Waals surface area contributed by atoms with Gasteiger partial charge in [0.2, 0.25) is 0 Å². The molecule has 26 heavy (non-hydrogen) atoms. The predicted molar refractivity (Wildman–Crippen MR) is 108 cm³/mol. The lowest BCUT2D eigenvalue weighted by atomic mass is 9.78. The van der Waals surface area contributed by atoms with E-state index in [-0.39, 0.29) is 0 Å². The molecule has 2 aliphatic carbocycles. The molecule has 0 aliphatic heterocycles. The van der Waals surface area contributed by atoms with Gasteiger partial charge in [0.1, 0.15) is 6.07 Å². The van der Waals surface area contributed by atoms with Crippen molar-refractivity contribution in [2.75, 3.05) is 0 Å². The average Bonchev–Trinajstić information content (AvgIpc) is 2.68. The summed E-state index contributed by atoms with van der Waals surface area (Å²) in [7, 11) is 0. The van der Waals surface area contributed by atoms with Crippen molar-refractivity contribution < 1.29 is 4.39 Å². The van der Waals surface area contributed by atoms with Crippen molar-refractivity contribution in [2.24, 2.45) is 23.7 Å². The van der Waals surface area contributed by atoms with E-state index < -0.39 is 5.83 Å².